The van der Waals surface area contributed by atoms with Gasteiger partial charge >= 0.3 is 0 Å². The van der Waals surface area contributed by atoms with Crippen LogP contribution in [0.15, 0.2) is 0 Å². The summed E-state index contributed by atoms with van der Waals surface area (Å²) in [6.45, 7) is 5.19. The van der Waals surface area contributed by atoms with Crippen molar-refractivity contribution in [3.8, 4) is 0 Å². The number of hydrogen-bond donors (Lipinski definition) is 2. The zero-order valence-corrected chi connectivity index (χ0v) is 12.5. The molecule has 0 aliphatic heterocycles. The zero-order valence-electron chi connectivity index (χ0n) is 11.6. The van der Waals surface area contributed by atoms with Crippen molar-refractivity contribution in [3.63, 3.8) is 0 Å². The Bertz CT molecular complexity index is 367. The van der Waals surface area contributed by atoms with E-state index in [4.69, 9.17) is 5.11 Å². The van der Waals surface area contributed by atoms with E-state index in [9.17, 15) is 0 Å². The average Bonchev–Trinajstić information content (AvgIpc) is 2.78. The SMILES string of the molecule is CCCNc1snnc1CN(CCCO)C1CCC1. The first-order valence-electron chi connectivity index (χ1n) is 7.25. The van der Waals surface area contributed by atoms with E-state index in [1.165, 1.54) is 30.8 Å². The van der Waals surface area contributed by atoms with Crippen LogP contribution in [-0.2, 0) is 6.54 Å². The van der Waals surface area contributed by atoms with Crippen LogP contribution in [0, 0.1) is 0 Å². The maximum Gasteiger partial charge on any atom is 0.134 e. The highest BCUT2D eigenvalue weighted by molar-refractivity contribution is 7.10. The van der Waals surface area contributed by atoms with Crippen LogP contribution in [0.5, 0.6) is 0 Å². The molecule has 2 rings (SSSR count). The molecule has 1 fully saturated rings. The number of anilines is 1. The van der Waals surface area contributed by atoms with Crippen molar-refractivity contribution < 1.29 is 5.11 Å². The minimum absolute atomic E-state index is 0.263. The van der Waals surface area contributed by atoms with Gasteiger partial charge in [-0.3, -0.25) is 4.90 Å². The number of nitrogens with one attached hydrogen (secondary N) is 1. The predicted molar refractivity (Wildman–Crippen MR) is 78.4 cm³/mol. The summed E-state index contributed by atoms with van der Waals surface area (Å²) in [4.78, 5) is 2.45. The molecule has 0 saturated heterocycles. The van der Waals surface area contributed by atoms with Gasteiger partial charge in [-0.05, 0) is 25.7 Å². The Balaban J connectivity index is 1.93. The fraction of sp³-hybridized carbons (Fsp3) is 0.846. The van der Waals surface area contributed by atoms with Gasteiger partial charge in [0.2, 0.25) is 0 Å². The first-order chi connectivity index (χ1) is 9.35. The lowest BCUT2D eigenvalue weighted by Gasteiger charge is -2.37. The van der Waals surface area contributed by atoms with Gasteiger partial charge in [-0.15, -0.1) is 5.10 Å². The van der Waals surface area contributed by atoms with Crippen molar-refractivity contribution in [3.05, 3.63) is 5.69 Å². The molecule has 0 aromatic carbocycles. The molecular formula is C13H24N4OS. The Kier molecular flexibility index (Phi) is 6.00. The lowest BCUT2D eigenvalue weighted by molar-refractivity contribution is 0.108. The summed E-state index contributed by atoms with van der Waals surface area (Å²) >= 11 is 1.44. The molecule has 1 aliphatic rings. The predicted octanol–water partition coefficient (Wildman–Crippen LogP) is 2.10. The lowest BCUT2D eigenvalue weighted by atomic mass is 9.91. The van der Waals surface area contributed by atoms with E-state index in [1.54, 1.807) is 0 Å². The normalized spacial score (nSPS) is 15.7. The van der Waals surface area contributed by atoms with E-state index >= 15 is 0 Å². The maximum absolute atomic E-state index is 9.02. The molecule has 5 nitrogen and oxygen atoms in total. The number of aromatic nitrogens is 2. The van der Waals surface area contributed by atoms with Gasteiger partial charge in [-0.25, -0.2) is 0 Å². The van der Waals surface area contributed by atoms with Gasteiger partial charge < -0.3 is 10.4 Å². The van der Waals surface area contributed by atoms with Crippen molar-refractivity contribution in [2.45, 2.75) is 51.6 Å². The minimum Gasteiger partial charge on any atom is -0.396 e. The smallest absolute Gasteiger partial charge is 0.134 e. The summed E-state index contributed by atoms with van der Waals surface area (Å²) in [6.07, 6.45) is 5.83. The van der Waals surface area contributed by atoms with Crippen molar-refractivity contribution in [2.75, 3.05) is 25.0 Å². The number of aliphatic hydroxyl groups is 1. The largest absolute Gasteiger partial charge is 0.396 e. The molecule has 0 amide bonds. The third-order valence-electron chi connectivity index (χ3n) is 3.64. The van der Waals surface area contributed by atoms with Gasteiger partial charge in [0.05, 0.1) is 0 Å². The summed E-state index contributed by atoms with van der Waals surface area (Å²) in [5, 5.41) is 17.8. The topological polar surface area (TPSA) is 61.3 Å². The molecule has 0 bridgehead atoms. The van der Waals surface area contributed by atoms with Gasteiger partial charge in [0.25, 0.3) is 0 Å². The average molecular weight is 284 g/mol. The Morgan fingerprint density at radius 3 is 2.95 bits per heavy atom. The third kappa shape index (κ3) is 4.12. The van der Waals surface area contributed by atoms with E-state index in [0.717, 1.165) is 43.2 Å². The number of hydrogen-bond acceptors (Lipinski definition) is 6. The highest BCUT2D eigenvalue weighted by atomic mass is 32.1. The monoisotopic (exact) mass is 284 g/mol. The van der Waals surface area contributed by atoms with Crippen LogP contribution >= 0.6 is 11.5 Å². The van der Waals surface area contributed by atoms with E-state index < -0.39 is 0 Å². The fourth-order valence-electron chi connectivity index (χ4n) is 2.29. The molecule has 0 radical (unpaired) electrons. The van der Waals surface area contributed by atoms with E-state index in [0.29, 0.717) is 6.04 Å². The quantitative estimate of drug-likeness (QED) is 0.727. The second-order valence-electron chi connectivity index (χ2n) is 5.11. The van der Waals surface area contributed by atoms with E-state index in [-0.39, 0.29) is 6.61 Å². The molecule has 1 aromatic rings. The Hall–Kier alpha value is -0.720. The highest BCUT2D eigenvalue weighted by Gasteiger charge is 2.26. The maximum atomic E-state index is 9.02. The lowest BCUT2D eigenvalue weighted by Crippen LogP contribution is -2.40. The van der Waals surface area contributed by atoms with Crippen LogP contribution in [0.25, 0.3) is 0 Å². The molecule has 1 saturated carbocycles. The molecule has 0 unspecified atom stereocenters. The van der Waals surface area contributed by atoms with Crippen LogP contribution in [0.2, 0.25) is 0 Å². The summed E-state index contributed by atoms with van der Waals surface area (Å²) in [5.41, 5.74) is 1.06. The van der Waals surface area contributed by atoms with Gasteiger partial charge in [-0.1, -0.05) is 17.8 Å². The van der Waals surface area contributed by atoms with Crippen molar-refractivity contribution in [1.82, 2.24) is 14.5 Å². The molecule has 2 N–H and O–H groups in total. The van der Waals surface area contributed by atoms with Gasteiger partial charge in [0.15, 0.2) is 0 Å². The van der Waals surface area contributed by atoms with Gasteiger partial charge in [0, 0.05) is 43.8 Å². The molecule has 6 heteroatoms. The number of nitrogens with zero attached hydrogens (tertiary/aromatic N) is 3. The number of aliphatic hydroxyl groups excluding tert-OH is 1. The fourth-order valence-corrected chi connectivity index (χ4v) is 2.89. The van der Waals surface area contributed by atoms with Crippen molar-refractivity contribution in [1.29, 1.82) is 0 Å². The summed E-state index contributed by atoms with van der Waals surface area (Å²) in [5.74, 6) is 0. The molecule has 1 aliphatic carbocycles. The molecule has 1 aromatic heterocycles. The zero-order chi connectivity index (χ0) is 13.5. The van der Waals surface area contributed by atoms with Crippen LogP contribution in [-0.4, -0.2) is 45.3 Å². The third-order valence-corrected chi connectivity index (χ3v) is 4.36. The second kappa shape index (κ2) is 7.77. The first kappa shape index (κ1) is 14.7. The molecule has 108 valence electrons. The Morgan fingerprint density at radius 1 is 1.47 bits per heavy atom. The van der Waals surface area contributed by atoms with Gasteiger partial charge in [0.1, 0.15) is 10.7 Å². The van der Waals surface area contributed by atoms with Crippen molar-refractivity contribution in [2.24, 2.45) is 0 Å². The van der Waals surface area contributed by atoms with Crippen LogP contribution in [0.1, 0.15) is 44.7 Å². The van der Waals surface area contributed by atoms with E-state index in [2.05, 4.69) is 26.7 Å². The molecular weight excluding hydrogens is 260 g/mol. The molecule has 0 spiro atoms. The van der Waals surface area contributed by atoms with Crippen LogP contribution < -0.4 is 5.32 Å². The first-order valence-corrected chi connectivity index (χ1v) is 8.02. The molecule has 1 heterocycles. The second-order valence-corrected chi connectivity index (χ2v) is 5.86. The number of rotatable bonds is 9. The highest BCUT2D eigenvalue weighted by Crippen LogP contribution is 2.28. The summed E-state index contributed by atoms with van der Waals surface area (Å²) < 4.78 is 4.06. The molecule has 19 heavy (non-hydrogen) atoms. The van der Waals surface area contributed by atoms with Crippen LogP contribution in [0.4, 0.5) is 5.00 Å². The van der Waals surface area contributed by atoms with Crippen LogP contribution in [0.3, 0.4) is 0 Å². The minimum atomic E-state index is 0.263. The summed E-state index contributed by atoms with van der Waals surface area (Å²) in [7, 11) is 0. The Labute approximate surface area is 119 Å². The van der Waals surface area contributed by atoms with Gasteiger partial charge in [-0.2, -0.15) is 0 Å². The standard InChI is InChI=1S/C13H24N4OS/c1-2-7-14-13-12(15-16-19-13)10-17(8-4-9-18)11-5-3-6-11/h11,14,18H,2-10H2,1H3. The van der Waals surface area contributed by atoms with E-state index in [1.807, 2.05) is 0 Å². The molecule has 0 atom stereocenters. The van der Waals surface area contributed by atoms with Crippen molar-refractivity contribution >= 4 is 16.5 Å². The summed E-state index contributed by atoms with van der Waals surface area (Å²) in [6, 6.07) is 0.673. The Morgan fingerprint density at radius 2 is 2.32 bits per heavy atom.